The Bertz CT molecular complexity index is 475. The third-order valence-corrected chi connectivity index (χ3v) is 2.42. The second-order valence-corrected chi connectivity index (χ2v) is 3.78. The van der Waals surface area contributed by atoms with E-state index in [0.717, 1.165) is 17.8 Å². The van der Waals surface area contributed by atoms with Crippen molar-refractivity contribution < 1.29 is 4.74 Å². The summed E-state index contributed by atoms with van der Waals surface area (Å²) in [5.41, 5.74) is 1.89. The minimum atomic E-state index is 0.695. The van der Waals surface area contributed by atoms with Crippen molar-refractivity contribution in [3.63, 3.8) is 0 Å². The zero-order valence-electron chi connectivity index (χ0n) is 10.3. The molecule has 0 amide bonds. The molecule has 0 spiro atoms. The SMILES string of the molecule is COCCNCc1ccnc(-c2cccnc2)n1. The van der Waals surface area contributed by atoms with Crippen molar-refractivity contribution in [1.29, 1.82) is 0 Å². The highest BCUT2D eigenvalue weighted by Crippen LogP contribution is 2.12. The highest BCUT2D eigenvalue weighted by atomic mass is 16.5. The van der Waals surface area contributed by atoms with E-state index in [-0.39, 0.29) is 0 Å². The predicted octanol–water partition coefficient (Wildman–Crippen LogP) is 1.27. The van der Waals surface area contributed by atoms with Crippen molar-refractivity contribution in [2.24, 2.45) is 0 Å². The van der Waals surface area contributed by atoms with Gasteiger partial charge in [-0.05, 0) is 18.2 Å². The summed E-state index contributed by atoms with van der Waals surface area (Å²) >= 11 is 0. The van der Waals surface area contributed by atoms with Gasteiger partial charge in [-0.15, -0.1) is 0 Å². The second-order valence-electron chi connectivity index (χ2n) is 3.78. The number of aromatic nitrogens is 3. The fourth-order valence-electron chi connectivity index (χ4n) is 1.52. The molecule has 0 aliphatic carbocycles. The van der Waals surface area contributed by atoms with E-state index in [2.05, 4.69) is 20.3 Å². The maximum atomic E-state index is 4.97. The van der Waals surface area contributed by atoms with Gasteiger partial charge in [-0.2, -0.15) is 0 Å². The third kappa shape index (κ3) is 3.58. The average molecular weight is 244 g/mol. The molecule has 0 aliphatic rings. The van der Waals surface area contributed by atoms with Crippen LogP contribution in [0, 0.1) is 0 Å². The van der Waals surface area contributed by atoms with Gasteiger partial charge in [0.05, 0.1) is 12.3 Å². The normalized spacial score (nSPS) is 10.5. The van der Waals surface area contributed by atoms with Crippen LogP contribution in [0.15, 0.2) is 36.8 Å². The molecule has 1 N–H and O–H groups in total. The molecule has 0 radical (unpaired) electrons. The van der Waals surface area contributed by atoms with Crippen LogP contribution >= 0.6 is 0 Å². The Morgan fingerprint density at radius 3 is 3.00 bits per heavy atom. The Balaban J connectivity index is 2.02. The molecule has 5 nitrogen and oxygen atoms in total. The number of hydrogen-bond donors (Lipinski definition) is 1. The smallest absolute Gasteiger partial charge is 0.160 e. The van der Waals surface area contributed by atoms with Gasteiger partial charge in [0.25, 0.3) is 0 Å². The lowest BCUT2D eigenvalue weighted by Crippen LogP contribution is -2.19. The molecule has 0 fully saturated rings. The van der Waals surface area contributed by atoms with E-state index in [4.69, 9.17) is 4.74 Å². The Hall–Kier alpha value is -1.85. The van der Waals surface area contributed by atoms with Gasteiger partial charge in [0, 0.05) is 44.4 Å². The molecule has 0 bridgehead atoms. The van der Waals surface area contributed by atoms with E-state index in [9.17, 15) is 0 Å². The number of methoxy groups -OCH3 is 1. The molecule has 2 aromatic heterocycles. The number of nitrogens with one attached hydrogen (secondary N) is 1. The van der Waals surface area contributed by atoms with E-state index in [1.165, 1.54) is 0 Å². The molecule has 0 atom stereocenters. The third-order valence-electron chi connectivity index (χ3n) is 2.42. The summed E-state index contributed by atoms with van der Waals surface area (Å²) in [5.74, 6) is 0.703. The van der Waals surface area contributed by atoms with Gasteiger partial charge in [-0.1, -0.05) is 0 Å². The zero-order chi connectivity index (χ0) is 12.6. The standard InChI is InChI=1S/C13H16N4O/c1-18-8-7-15-10-12-4-6-16-13(17-12)11-3-2-5-14-9-11/h2-6,9,15H,7-8,10H2,1H3. The maximum Gasteiger partial charge on any atom is 0.160 e. The van der Waals surface area contributed by atoms with Crippen molar-refractivity contribution in [3.8, 4) is 11.4 Å². The van der Waals surface area contributed by atoms with E-state index < -0.39 is 0 Å². The van der Waals surface area contributed by atoms with Crippen LogP contribution in [0.3, 0.4) is 0 Å². The van der Waals surface area contributed by atoms with Crippen LogP contribution in [0.1, 0.15) is 5.69 Å². The van der Waals surface area contributed by atoms with E-state index in [1.807, 2.05) is 18.2 Å². The monoisotopic (exact) mass is 244 g/mol. The minimum Gasteiger partial charge on any atom is -0.383 e. The van der Waals surface area contributed by atoms with E-state index >= 15 is 0 Å². The first-order chi connectivity index (χ1) is 8.90. The lowest BCUT2D eigenvalue weighted by atomic mass is 10.2. The first-order valence-corrected chi connectivity index (χ1v) is 5.82. The Morgan fingerprint density at radius 1 is 1.28 bits per heavy atom. The van der Waals surface area contributed by atoms with Crippen LogP contribution in [0.5, 0.6) is 0 Å². The van der Waals surface area contributed by atoms with Gasteiger partial charge in [-0.25, -0.2) is 9.97 Å². The van der Waals surface area contributed by atoms with Crippen LogP contribution < -0.4 is 5.32 Å². The van der Waals surface area contributed by atoms with Crippen molar-refractivity contribution in [2.45, 2.75) is 6.54 Å². The van der Waals surface area contributed by atoms with Crippen molar-refractivity contribution in [2.75, 3.05) is 20.3 Å². The second kappa shape index (κ2) is 6.78. The molecule has 0 aliphatic heterocycles. The number of pyridine rings is 1. The minimum absolute atomic E-state index is 0.695. The lowest BCUT2D eigenvalue weighted by Gasteiger charge is -2.05. The number of rotatable bonds is 6. The maximum absolute atomic E-state index is 4.97. The zero-order valence-corrected chi connectivity index (χ0v) is 10.3. The van der Waals surface area contributed by atoms with Crippen LogP contribution in [0.2, 0.25) is 0 Å². The Morgan fingerprint density at radius 2 is 2.22 bits per heavy atom. The highest BCUT2D eigenvalue weighted by Gasteiger charge is 2.02. The van der Waals surface area contributed by atoms with Crippen molar-refractivity contribution in [3.05, 3.63) is 42.5 Å². The highest BCUT2D eigenvalue weighted by molar-refractivity contribution is 5.52. The summed E-state index contributed by atoms with van der Waals surface area (Å²) in [6.07, 6.45) is 5.26. The molecule has 5 heteroatoms. The first kappa shape index (κ1) is 12.6. The van der Waals surface area contributed by atoms with Crippen molar-refractivity contribution >= 4 is 0 Å². The molecule has 18 heavy (non-hydrogen) atoms. The Labute approximate surface area is 106 Å². The molecular formula is C13H16N4O. The summed E-state index contributed by atoms with van der Waals surface area (Å²) in [6.45, 7) is 2.21. The fourth-order valence-corrected chi connectivity index (χ4v) is 1.52. The van der Waals surface area contributed by atoms with Gasteiger partial charge in [-0.3, -0.25) is 4.98 Å². The van der Waals surface area contributed by atoms with Gasteiger partial charge in [0.15, 0.2) is 5.82 Å². The van der Waals surface area contributed by atoms with E-state index in [0.29, 0.717) is 19.0 Å². The largest absolute Gasteiger partial charge is 0.383 e. The number of nitrogens with zero attached hydrogens (tertiary/aromatic N) is 3. The van der Waals surface area contributed by atoms with Gasteiger partial charge in [0.2, 0.25) is 0 Å². The summed E-state index contributed by atoms with van der Waals surface area (Å²) in [6, 6.07) is 5.73. The fraction of sp³-hybridized carbons (Fsp3) is 0.308. The molecule has 0 aromatic carbocycles. The van der Waals surface area contributed by atoms with Crippen LogP contribution in [-0.4, -0.2) is 35.2 Å². The van der Waals surface area contributed by atoms with E-state index in [1.54, 1.807) is 25.7 Å². The molecule has 0 saturated carbocycles. The summed E-state index contributed by atoms with van der Waals surface area (Å²) < 4.78 is 4.97. The lowest BCUT2D eigenvalue weighted by molar-refractivity contribution is 0.199. The quantitative estimate of drug-likeness (QED) is 0.775. The topological polar surface area (TPSA) is 59.9 Å². The van der Waals surface area contributed by atoms with Gasteiger partial charge < -0.3 is 10.1 Å². The summed E-state index contributed by atoms with van der Waals surface area (Å²) in [4.78, 5) is 12.8. The van der Waals surface area contributed by atoms with Gasteiger partial charge >= 0.3 is 0 Å². The average Bonchev–Trinajstić information content (AvgIpc) is 2.45. The summed E-state index contributed by atoms with van der Waals surface area (Å²) in [5, 5.41) is 3.25. The number of ether oxygens (including phenoxy) is 1. The molecule has 2 aromatic rings. The van der Waals surface area contributed by atoms with Crippen LogP contribution in [0.25, 0.3) is 11.4 Å². The molecule has 0 unspecified atom stereocenters. The molecule has 2 rings (SSSR count). The molecular weight excluding hydrogens is 228 g/mol. The predicted molar refractivity (Wildman–Crippen MR) is 68.8 cm³/mol. The van der Waals surface area contributed by atoms with Gasteiger partial charge in [0.1, 0.15) is 0 Å². The molecule has 94 valence electrons. The summed E-state index contributed by atoms with van der Waals surface area (Å²) in [7, 11) is 1.69. The molecule has 2 heterocycles. The van der Waals surface area contributed by atoms with Crippen LogP contribution in [-0.2, 0) is 11.3 Å². The molecule has 0 saturated heterocycles. The number of hydrogen-bond acceptors (Lipinski definition) is 5. The Kier molecular flexibility index (Phi) is 4.75. The van der Waals surface area contributed by atoms with Crippen molar-refractivity contribution in [1.82, 2.24) is 20.3 Å². The first-order valence-electron chi connectivity index (χ1n) is 5.82. The van der Waals surface area contributed by atoms with Crippen LogP contribution in [0.4, 0.5) is 0 Å².